The van der Waals surface area contributed by atoms with Crippen molar-refractivity contribution >= 4 is 5.97 Å². The number of ether oxygens (including phenoxy) is 1. The summed E-state index contributed by atoms with van der Waals surface area (Å²) in [6.45, 7) is 1.85. The summed E-state index contributed by atoms with van der Waals surface area (Å²) in [5.41, 5.74) is 0. The molecule has 0 saturated heterocycles. The zero-order chi connectivity index (χ0) is 11.0. The molecule has 84 valence electrons. The van der Waals surface area contributed by atoms with Crippen LogP contribution in [-0.2, 0) is 9.53 Å². The van der Waals surface area contributed by atoms with Crippen LogP contribution in [0.2, 0.25) is 0 Å². The van der Waals surface area contributed by atoms with Gasteiger partial charge in [0.2, 0.25) is 0 Å². The first-order chi connectivity index (χ1) is 6.54. The van der Waals surface area contributed by atoms with Crippen molar-refractivity contribution in [2.45, 2.75) is 13.3 Å². The molecule has 1 unspecified atom stereocenters. The van der Waals surface area contributed by atoms with Crippen LogP contribution in [0.5, 0.6) is 0 Å². The van der Waals surface area contributed by atoms with Gasteiger partial charge in [0.25, 0.3) is 6.43 Å². The predicted molar refractivity (Wildman–Crippen MR) is 46.5 cm³/mol. The van der Waals surface area contributed by atoms with Gasteiger partial charge in [-0.15, -0.1) is 0 Å². The SMILES string of the molecule is CC(CNCCOCC(F)F)C(=O)O. The minimum atomic E-state index is -2.45. The van der Waals surface area contributed by atoms with Crippen molar-refractivity contribution in [3.05, 3.63) is 0 Å². The monoisotopic (exact) mass is 211 g/mol. The number of rotatable bonds is 8. The second kappa shape index (κ2) is 7.64. The molecule has 0 aromatic heterocycles. The molecule has 4 nitrogen and oxygen atoms in total. The lowest BCUT2D eigenvalue weighted by molar-refractivity contribution is -0.140. The first-order valence-corrected chi connectivity index (χ1v) is 4.33. The predicted octanol–water partition coefficient (Wildman–Crippen LogP) is 0.578. The number of carboxylic acid groups (broad SMARTS) is 1. The lowest BCUT2D eigenvalue weighted by Gasteiger charge is -2.08. The molecule has 0 radical (unpaired) electrons. The summed E-state index contributed by atoms with van der Waals surface area (Å²) in [5.74, 6) is -1.36. The molecule has 0 saturated carbocycles. The number of halogens is 2. The molecule has 0 rings (SSSR count). The van der Waals surface area contributed by atoms with Crippen LogP contribution in [0.15, 0.2) is 0 Å². The van der Waals surface area contributed by atoms with Crippen LogP contribution in [0.25, 0.3) is 0 Å². The van der Waals surface area contributed by atoms with E-state index in [0.29, 0.717) is 13.1 Å². The summed E-state index contributed by atoms with van der Waals surface area (Å²) >= 11 is 0. The molecular weight excluding hydrogens is 196 g/mol. The van der Waals surface area contributed by atoms with E-state index < -0.39 is 24.9 Å². The number of hydrogen-bond acceptors (Lipinski definition) is 3. The molecule has 0 bridgehead atoms. The van der Waals surface area contributed by atoms with E-state index in [0.717, 1.165) is 0 Å². The Balaban J connectivity index is 3.17. The summed E-state index contributed by atoms with van der Waals surface area (Å²) < 4.78 is 27.7. The quantitative estimate of drug-likeness (QED) is 0.576. The first kappa shape index (κ1) is 13.2. The normalized spacial score (nSPS) is 13.1. The third kappa shape index (κ3) is 7.88. The van der Waals surface area contributed by atoms with E-state index in [4.69, 9.17) is 5.11 Å². The molecule has 2 N–H and O–H groups in total. The first-order valence-electron chi connectivity index (χ1n) is 4.33. The summed E-state index contributed by atoms with van der Waals surface area (Å²) in [6.07, 6.45) is -2.45. The highest BCUT2D eigenvalue weighted by Crippen LogP contribution is 1.92. The lowest BCUT2D eigenvalue weighted by Crippen LogP contribution is -2.29. The van der Waals surface area contributed by atoms with Gasteiger partial charge < -0.3 is 15.2 Å². The molecule has 0 aliphatic carbocycles. The second-order valence-electron chi connectivity index (χ2n) is 2.91. The van der Waals surface area contributed by atoms with Crippen molar-refractivity contribution in [1.29, 1.82) is 0 Å². The average molecular weight is 211 g/mol. The van der Waals surface area contributed by atoms with E-state index in [9.17, 15) is 13.6 Å². The third-order valence-corrected chi connectivity index (χ3v) is 1.54. The van der Waals surface area contributed by atoms with Gasteiger partial charge in [0.15, 0.2) is 0 Å². The van der Waals surface area contributed by atoms with Crippen LogP contribution in [0, 0.1) is 5.92 Å². The number of carboxylic acids is 1. The Morgan fingerprint density at radius 1 is 1.57 bits per heavy atom. The molecule has 0 aromatic carbocycles. The summed E-state index contributed by atoms with van der Waals surface area (Å²) in [5, 5.41) is 11.3. The molecular formula is C8H15F2NO3. The Hall–Kier alpha value is -0.750. The smallest absolute Gasteiger partial charge is 0.307 e. The Morgan fingerprint density at radius 3 is 2.71 bits per heavy atom. The van der Waals surface area contributed by atoms with E-state index in [2.05, 4.69) is 10.1 Å². The fraction of sp³-hybridized carbons (Fsp3) is 0.875. The number of nitrogens with one attached hydrogen (secondary N) is 1. The van der Waals surface area contributed by atoms with E-state index >= 15 is 0 Å². The largest absolute Gasteiger partial charge is 0.481 e. The van der Waals surface area contributed by atoms with Gasteiger partial charge in [-0.2, -0.15) is 0 Å². The van der Waals surface area contributed by atoms with Crippen molar-refractivity contribution in [3.63, 3.8) is 0 Å². The zero-order valence-electron chi connectivity index (χ0n) is 8.00. The molecule has 14 heavy (non-hydrogen) atoms. The highest BCUT2D eigenvalue weighted by Gasteiger charge is 2.09. The van der Waals surface area contributed by atoms with Crippen LogP contribution < -0.4 is 5.32 Å². The van der Waals surface area contributed by atoms with Gasteiger partial charge in [0, 0.05) is 13.1 Å². The van der Waals surface area contributed by atoms with E-state index in [-0.39, 0.29) is 6.61 Å². The highest BCUT2D eigenvalue weighted by molar-refractivity contribution is 5.69. The summed E-state index contributed by atoms with van der Waals surface area (Å²) in [7, 11) is 0. The van der Waals surface area contributed by atoms with Crippen molar-refractivity contribution in [2.24, 2.45) is 5.92 Å². The van der Waals surface area contributed by atoms with Gasteiger partial charge in [-0.3, -0.25) is 4.79 Å². The minimum Gasteiger partial charge on any atom is -0.481 e. The maximum absolute atomic E-state index is 11.6. The molecule has 0 heterocycles. The van der Waals surface area contributed by atoms with Crippen LogP contribution in [0.1, 0.15) is 6.92 Å². The van der Waals surface area contributed by atoms with Crippen LogP contribution in [-0.4, -0.2) is 43.8 Å². The molecule has 0 spiro atoms. The molecule has 0 aliphatic rings. The molecule has 0 amide bonds. The van der Waals surface area contributed by atoms with Crippen molar-refractivity contribution in [2.75, 3.05) is 26.3 Å². The van der Waals surface area contributed by atoms with Gasteiger partial charge >= 0.3 is 5.97 Å². The van der Waals surface area contributed by atoms with Gasteiger partial charge in [-0.25, -0.2) is 8.78 Å². The van der Waals surface area contributed by atoms with E-state index in [1.165, 1.54) is 0 Å². The van der Waals surface area contributed by atoms with Crippen molar-refractivity contribution in [3.8, 4) is 0 Å². The lowest BCUT2D eigenvalue weighted by atomic mass is 10.2. The standard InChI is InChI=1S/C8H15F2NO3/c1-6(8(12)13)4-11-2-3-14-5-7(9)10/h6-7,11H,2-5H2,1H3,(H,12,13). The second-order valence-corrected chi connectivity index (χ2v) is 2.91. The van der Waals surface area contributed by atoms with Crippen LogP contribution in [0.4, 0.5) is 8.78 Å². The Labute approximate surface area is 81.2 Å². The molecule has 0 aliphatic heterocycles. The van der Waals surface area contributed by atoms with Gasteiger partial charge in [-0.1, -0.05) is 6.92 Å². The third-order valence-electron chi connectivity index (χ3n) is 1.54. The number of aliphatic carboxylic acids is 1. The number of carbonyl (C=O) groups is 1. The van der Waals surface area contributed by atoms with Crippen molar-refractivity contribution < 1.29 is 23.4 Å². The van der Waals surface area contributed by atoms with Crippen molar-refractivity contribution in [1.82, 2.24) is 5.32 Å². The fourth-order valence-electron chi connectivity index (χ4n) is 0.723. The maximum atomic E-state index is 11.6. The Morgan fingerprint density at radius 2 is 2.21 bits per heavy atom. The fourth-order valence-corrected chi connectivity index (χ4v) is 0.723. The summed E-state index contributed by atoms with van der Waals surface area (Å²) in [4.78, 5) is 10.3. The minimum absolute atomic E-state index is 0.163. The van der Waals surface area contributed by atoms with E-state index in [1.54, 1.807) is 6.92 Å². The molecule has 0 aromatic rings. The summed E-state index contributed by atoms with van der Waals surface area (Å²) in [6, 6.07) is 0. The van der Waals surface area contributed by atoms with Gasteiger partial charge in [0.1, 0.15) is 6.61 Å². The van der Waals surface area contributed by atoms with Crippen LogP contribution >= 0.6 is 0 Å². The number of hydrogen-bond donors (Lipinski definition) is 2. The average Bonchev–Trinajstić information content (AvgIpc) is 2.09. The van der Waals surface area contributed by atoms with Gasteiger partial charge in [0.05, 0.1) is 12.5 Å². The molecule has 6 heteroatoms. The van der Waals surface area contributed by atoms with E-state index in [1.807, 2.05) is 0 Å². The number of alkyl halides is 2. The molecule has 0 fully saturated rings. The Kier molecular flexibility index (Phi) is 7.23. The topological polar surface area (TPSA) is 58.6 Å². The maximum Gasteiger partial charge on any atom is 0.307 e. The van der Waals surface area contributed by atoms with Gasteiger partial charge in [-0.05, 0) is 0 Å². The highest BCUT2D eigenvalue weighted by atomic mass is 19.3. The Bertz CT molecular complexity index is 167. The zero-order valence-corrected chi connectivity index (χ0v) is 8.00. The molecule has 1 atom stereocenters. The van der Waals surface area contributed by atoms with Crippen LogP contribution in [0.3, 0.4) is 0 Å².